The first-order valence-electron chi connectivity index (χ1n) is 5.50. The average Bonchev–Trinajstić information content (AvgIpc) is 2.88. The molecule has 1 unspecified atom stereocenters. The quantitative estimate of drug-likeness (QED) is 0.657. The van der Waals surface area contributed by atoms with Crippen molar-refractivity contribution in [2.75, 3.05) is 6.61 Å². The predicted octanol–water partition coefficient (Wildman–Crippen LogP) is 1.89. The highest BCUT2D eigenvalue weighted by Crippen LogP contribution is 2.31. The van der Waals surface area contributed by atoms with Crippen molar-refractivity contribution in [3.63, 3.8) is 0 Å². The number of hydrogen-bond donors (Lipinski definition) is 2. The molecule has 10 heteroatoms. The van der Waals surface area contributed by atoms with E-state index in [1.165, 1.54) is 17.6 Å². The van der Waals surface area contributed by atoms with Crippen molar-refractivity contribution in [3.8, 4) is 5.75 Å². The molecule has 1 aromatic rings. The molecular formula is C11H8ClF3N2O4. The molecule has 1 heterocycles. The molecule has 2 rings (SSSR count). The molecule has 0 bridgehead atoms. The van der Waals surface area contributed by atoms with Crippen LogP contribution in [0, 0.1) is 0 Å². The second-order valence-electron chi connectivity index (χ2n) is 3.93. The molecule has 2 N–H and O–H groups in total. The van der Waals surface area contributed by atoms with Crippen LogP contribution in [0.2, 0.25) is 5.02 Å². The van der Waals surface area contributed by atoms with Crippen molar-refractivity contribution < 1.29 is 32.6 Å². The molecule has 0 radical (unpaired) electrons. The number of ether oxygens (including phenoxy) is 2. The van der Waals surface area contributed by atoms with Gasteiger partial charge in [0.05, 0.1) is 5.02 Å². The lowest BCUT2D eigenvalue weighted by Gasteiger charge is -2.11. The fraction of sp³-hybridized carbons (Fsp3) is 0.273. The van der Waals surface area contributed by atoms with E-state index in [4.69, 9.17) is 21.5 Å². The zero-order chi connectivity index (χ0) is 15.6. The molecule has 21 heavy (non-hydrogen) atoms. The Kier molecular flexibility index (Phi) is 4.24. The Labute approximate surface area is 121 Å². The Hall–Kier alpha value is -2.00. The van der Waals surface area contributed by atoms with Crippen LogP contribution in [0.15, 0.2) is 23.2 Å². The topological polar surface area (TPSA) is 80.2 Å². The van der Waals surface area contributed by atoms with Gasteiger partial charge in [-0.1, -0.05) is 11.6 Å². The molecule has 6 nitrogen and oxygen atoms in total. The largest absolute Gasteiger partial charge is 0.573 e. The van der Waals surface area contributed by atoms with Gasteiger partial charge in [-0.3, -0.25) is 10.0 Å². The van der Waals surface area contributed by atoms with Crippen molar-refractivity contribution >= 4 is 23.4 Å². The van der Waals surface area contributed by atoms with Crippen molar-refractivity contribution in [3.05, 3.63) is 28.8 Å². The lowest BCUT2D eigenvalue weighted by Crippen LogP contribution is -2.31. The van der Waals surface area contributed by atoms with Gasteiger partial charge in [0, 0.05) is 5.56 Å². The van der Waals surface area contributed by atoms with E-state index >= 15 is 0 Å². The summed E-state index contributed by atoms with van der Waals surface area (Å²) in [5.41, 5.74) is 1.71. The van der Waals surface area contributed by atoms with Crippen LogP contribution in [-0.2, 0) is 9.53 Å². The molecule has 0 fully saturated rings. The molecule has 1 aliphatic rings. The molecule has 1 aliphatic heterocycles. The normalized spacial score (nSPS) is 18.0. The second-order valence-corrected chi connectivity index (χ2v) is 4.34. The lowest BCUT2D eigenvalue weighted by atomic mass is 10.2. The Morgan fingerprint density at radius 3 is 2.81 bits per heavy atom. The third-order valence-electron chi connectivity index (χ3n) is 2.47. The van der Waals surface area contributed by atoms with E-state index in [0.29, 0.717) is 0 Å². The third kappa shape index (κ3) is 3.76. The highest BCUT2D eigenvalue weighted by molar-refractivity contribution is 6.32. The number of alkyl halides is 3. The summed E-state index contributed by atoms with van der Waals surface area (Å²) < 4.78 is 45.2. The summed E-state index contributed by atoms with van der Waals surface area (Å²) in [6.45, 7) is -0.0971. The monoisotopic (exact) mass is 324 g/mol. The molecular weight excluding hydrogens is 317 g/mol. The van der Waals surface area contributed by atoms with Crippen molar-refractivity contribution in [2.45, 2.75) is 12.4 Å². The summed E-state index contributed by atoms with van der Waals surface area (Å²) in [7, 11) is 0. The van der Waals surface area contributed by atoms with Crippen molar-refractivity contribution in [1.29, 1.82) is 0 Å². The Morgan fingerprint density at radius 2 is 2.24 bits per heavy atom. The molecule has 0 aromatic heterocycles. The summed E-state index contributed by atoms with van der Waals surface area (Å²) >= 11 is 5.69. The minimum Gasteiger partial charge on any atom is -0.475 e. The van der Waals surface area contributed by atoms with Gasteiger partial charge in [0.1, 0.15) is 12.4 Å². The second kappa shape index (κ2) is 5.78. The van der Waals surface area contributed by atoms with Crippen LogP contribution >= 0.6 is 11.6 Å². The molecule has 1 amide bonds. The molecule has 114 valence electrons. The summed E-state index contributed by atoms with van der Waals surface area (Å²) in [4.78, 5) is 15.0. The number of hydroxylamine groups is 1. The van der Waals surface area contributed by atoms with E-state index in [9.17, 15) is 18.0 Å². The van der Waals surface area contributed by atoms with Crippen LogP contribution in [0.4, 0.5) is 13.2 Å². The van der Waals surface area contributed by atoms with Crippen LogP contribution < -0.4 is 10.2 Å². The van der Waals surface area contributed by atoms with Gasteiger partial charge >= 0.3 is 6.36 Å². The number of hydrogen-bond acceptors (Lipinski definition) is 5. The van der Waals surface area contributed by atoms with E-state index in [0.717, 1.165) is 6.07 Å². The van der Waals surface area contributed by atoms with Gasteiger partial charge in [-0.05, 0) is 18.2 Å². The zero-order valence-electron chi connectivity index (χ0n) is 10.1. The van der Waals surface area contributed by atoms with Crippen LogP contribution in [0.5, 0.6) is 5.75 Å². The van der Waals surface area contributed by atoms with Gasteiger partial charge < -0.3 is 9.47 Å². The van der Waals surface area contributed by atoms with Crippen LogP contribution in [-0.4, -0.2) is 36.0 Å². The smallest absolute Gasteiger partial charge is 0.475 e. The first-order valence-corrected chi connectivity index (χ1v) is 5.88. The van der Waals surface area contributed by atoms with Gasteiger partial charge in [0.25, 0.3) is 5.91 Å². The number of amides is 1. The minimum absolute atomic E-state index is 0.0315. The highest BCUT2D eigenvalue weighted by Gasteiger charge is 2.32. The lowest BCUT2D eigenvalue weighted by molar-refractivity contribution is -0.274. The maximum absolute atomic E-state index is 12.1. The molecule has 0 spiro atoms. The highest BCUT2D eigenvalue weighted by atomic mass is 35.5. The van der Waals surface area contributed by atoms with E-state index in [2.05, 4.69) is 9.73 Å². The van der Waals surface area contributed by atoms with Crippen molar-refractivity contribution in [1.82, 2.24) is 5.48 Å². The van der Waals surface area contributed by atoms with Gasteiger partial charge in [-0.15, -0.1) is 13.2 Å². The fourth-order valence-electron chi connectivity index (χ4n) is 1.58. The number of nitrogens with one attached hydrogen (secondary N) is 1. The van der Waals surface area contributed by atoms with Gasteiger partial charge in [-0.2, -0.15) is 0 Å². The van der Waals surface area contributed by atoms with Crippen LogP contribution in [0.3, 0.4) is 0 Å². The summed E-state index contributed by atoms with van der Waals surface area (Å²) in [5.74, 6) is -1.28. The SMILES string of the molecule is O=C(NO)C1COC(c2ccc(OC(F)(F)F)c(Cl)c2)=N1. The van der Waals surface area contributed by atoms with Crippen LogP contribution in [0.1, 0.15) is 5.56 Å². The third-order valence-corrected chi connectivity index (χ3v) is 2.76. The van der Waals surface area contributed by atoms with E-state index in [1.807, 2.05) is 0 Å². The minimum atomic E-state index is -4.85. The number of carbonyl (C=O) groups is 1. The molecule has 1 atom stereocenters. The van der Waals surface area contributed by atoms with E-state index in [1.54, 1.807) is 0 Å². The number of aliphatic imine (C=N–C) groups is 1. The summed E-state index contributed by atoms with van der Waals surface area (Å²) in [6, 6.07) is 2.50. The fourth-order valence-corrected chi connectivity index (χ4v) is 1.80. The average molecular weight is 325 g/mol. The molecule has 0 aliphatic carbocycles. The maximum atomic E-state index is 12.1. The van der Waals surface area contributed by atoms with Crippen molar-refractivity contribution in [2.24, 2.45) is 4.99 Å². The van der Waals surface area contributed by atoms with Gasteiger partial charge in [-0.25, -0.2) is 10.5 Å². The Morgan fingerprint density at radius 1 is 1.52 bits per heavy atom. The van der Waals surface area contributed by atoms with Crippen LogP contribution in [0.25, 0.3) is 0 Å². The number of carbonyl (C=O) groups excluding carboxylic acids is 1. The summed E-state index contributed by atoms with van der Waals surface area (Å²) in [6.07, 6.45) is -4.85. The Balaban J connectivity index is 2.19. The number of halogens is 4. The number of rotatable bonds is 3. The number of benzene rings is 1. The summed E-state index contributed by atoms with van der Waals surface area (Å²) in [5, 5.41) is 8.19. The predicted molar refractivity (Wildman–Crippen MR) is 64.3 cm³/mol. The van der Waals surface area contributed by atoms with E-state index < -0.39 is 24.1 Å². The van der Waals surface area contributed by atoms with E-state index in [-0.39, 0.29) is 23.1 Å². The zero-order valence-corrected chi connectivity index (χ0v) is 10.9. The Bertz CT molecular complexity index is 591. The van der Waals surface area contributed by atoms with Gasteiger partial charge in [0.15, 0.2) is 6.04 Å². The first kappa shape index (κ1) is 15.4. The maximum Gasteiger partial charge on any atom is 0.573 e. The number of nitrogens with zero attached hydrogens (tertiary/aromatic N) is 1. The molecule has 0 saturated heterocycles. The standard InChI is InChI=1S/C11H8ClF3N2O4/c12-6-3-5(1-2-8(6)21-11(13,14)15)10-16-7(4-20-10)9(18)17-19/h1-3,7,19H,4H2,(H,17,18). The van der Waals surface area contributed by atoms with Gasteiger partial charge in [0.2, 0.25) is 5.90 Å². The first-order chi connectivity index (χ1) is 9.80. The molecule has 1 aromatic carbocycles. The molecule has 0 saturated carbocycles.